The van der Waals surface area contributed by atoms with Gasteiger partial charge in [0.2, 0.25) is 0 Å². The van der Waals surface area contributed by atoms with E-state index in [0.717, 1.165) is 37.7 Å². The van der Waals surface area contributed by atoms with Crippen LogP contribution < -0.4 is 5.32 Å². The van der Waals surface area contributed by atoms with Crippen molar-refractivity contribution in [1.29, 1.82) is 0 Å². The summed E-state index contributed by atoms with van der Waals surface area (Å²) in [5.74, 6) is 0.878. The van der Waals surface area contributed by atoms with Gasteiger partial charge in [-0.25, -0.2) is 4.68 Å². The summed E-state index contributed by atoms with van der Waals surface area (Å²) in [6.07, 6.45) is 5.02. The average Bonchev–Trinajstić information content (AvgIpc) is 2.82. The Labute approximate surface area is 109 Å². The molecule has 3 heterocycles. The zero-order valence-electron chi connectivity index (χ0n) is 11.2. The molecular weight excluding hydrogens is 226 g/mol. The number of piperidine rings is 1. The zero-order chi connectivity index (χ0) is 12.4. The highest BCUT2D eigenvalue weighted by Crippen LogP contribution is 2.21. The predicted octanol–water partition coefficient (Wildman–Crippen LogP) is 0.656. The second kappa shape index (κ2) is 5.36. The number of hydrogen-bond acceptors (Lipinski definition) is 4. The smallest absolute Gasteiger partial charge is 0.0997 e. The molecule has 2 aliphatic heterocycles. The van der Waals surface area contributed by atoms with Crippen LogP contribution in [0.4, 0.5) is 0 Å². The standard InChI is InChI=1S/C13H23N5/c1-17-7-3-11(4-8-17)5-9-18-13-2-6-14-10-12(13)15-16-18/h11,14H,2-10H2,1H3. The fourth-order valence-corrected chi connectivity index (χ4v) is 3.03. The minimum Gasteiger partial charge on any atom is -0.311 e. The number of nitrogens with one attached hydrogen (secondary N) is 1. The summed E-state index contributed by atoms with van der Waals surface area (Å²) in [7, 11) is 2.22. The molecule has 0 aromatic carbocycles. The van der Waals surface area contributed by atoms with E-state index < -0.39 is 0 Å². The van der Waals surface area contributed by atoms with Gasteiger partial charge >= 0.3 is 0 Å². The van der Waals surface area contributed by atoms with Gasteiger partial charge in [0, 0.05) is 26.1 Å². The Hall–Kier alpha value is -0.940. The second-order valence-corrected chi connectivity index (χ2v) is 5.67. The topological polar surface area (TPSA) is 46.0 Å². The summed E-state index contributed by atoms with van der Waals surface area (Å²) in [4.78, 5) is 2.43. The molecule has 0 amide bonds. The Balaban J connectivity index is 1.55. The second-order valence-electron chi connectivity index (χ2n) is 5.67. The molecule has 0 bridgehead atoms. The van der Waals surface area contributed by atoms with E-state index in [4.69, 9.17) is 0 Å². The summed E-state index contributed by atoms with van der Waals surface area (Å²) in [5.41, 5.74) is 2.52. The molecule has 0 unspecified atom stereocenters. The van der Waals surface area contributed by atoms with Gasteiger partial charge in [-0.2, -0.15) is 0 Å². The van der Waals surface area contributed by atoms with Gasteiger partial charge in [-0.05, 0) is 45.3 Å². The highest BCUT2D eigenvalue weighted by Gasteiger charge is 2.19. The molecule has 5 heteroatoms. The molecular formula is C13H23N5. The maximum Gasteiger partial charge on any atom is 0.0997 e. The summed E-state index contributed by atoms with van der Waals surface area (Å²) in [6, 6.07) is 0. The number of hydrogen-bond donors (Lipinski definition) is 1. The highest BCUT2D eigenvalue weighted by molar-refractivity contribution is 5.13. The number of fused-ring (bicyclic) bond motifs is 1. The van der Waals surface area contributed by atoms with Gasteiger partial charge in [-0.15, -0.1) is 5.10 Å². The van der Waals surface area contributed by atoms with Crippen LogP contribution in [0.15, 0.2) is 0 Å². The minimum absolute atomic E-state index is 0.878. The Kier molecular flexibility index (Phi) is 3.61. The highest BCUT2D eigenvalue weighted by atomic mass is 15.4. The molecule has 2 aliphatic rings. The van der Waals surface area contributed by atoms with Crippen LogP contribution in [-0.2, 0) is 19.5 Å². The first-order valence-electron chi connectivity index (χ1n) is 7.13. The van der Waals surface area contributed by atoms with E-state index in [0.29, 0.717) is 0 Å². The molecule has 1 aromatic rings. The van der Waals surface area contributed by atoms with Crippen LogP contribution in [0.25, 0.3) is 0 Å². The number of likely N-dealkylation sites (tertiary alicyclic amines) is 1. The van der Waals surface area contributed by atoms with Crippen LogP contribution >= 0.6 is 0 Å². The first kappa shape index (κ1) is 12.1. The van der Waals surface area contributed by atoms with Gasteiger partial charge < -0.3 is 10.2 Å². The lowest BCUT2D eigenvalue weighted by atomic mass is 9.94. The number of nitrogens with zero attached hydrogens (tertiary/aromatic N) is 4. The molecule has 0 aliphatic carbocycles. The Morgan fingerprint density at radius 2 is 2.17 bits per heavy atom. The Morgan fingerprint density at radius 3 is 3.00 bits per heavy atom. The minimum atomic E-state index is 0.878. The zero-order valence-corrected chi connectivity index (χ0v) is 11.2. The summed E-state index contributed by atoms with van der Waals surface area (Å²) >= 11 is 0. The fraction of sp³-hybridized carbons (Fsp3) is 0.846. The lowest BCUT2D eigenvalue weighted by molar-refractivity contribution is 0.206. The van der Waals surface area contributed by atoms with Gasteiger partial charge in [0.05, 0.1) is 11.4 Å². The SMILES string of the molecule is CN1CCC(CCn2nnc3c2CCNC3)CC1. The van der Waals surface area contributed by atoms with E-state index in [1.165, 1.54) is 38.0 Å². The number of aromatic nitrogens is 3. The lowest BCUT2D eigenvalue weighted by Gasteiger charge is -2.28. The van der Waals surface area contributed by atoms with Crippen molar-refractivity contribution in [2.24, 2.45) is 5.92 Å². The third-order valence-corrected chi connectivity index (χ3v) is 4.34. The number of rotatable bonds is 3. The van der Waals surface area contributed by atoms with Crippen molar-refractivity contribution in [2.75, 3.05) is 26.7 Å². The van der Waals surface area contributed by atoms with Gasteiger partial charge in [-0.1, -0.05) is 5.21 Å². The average molecular weight is 249 g/mol. The molecule has 1 aromatic heterocycles. The van der Waals surface area contributed by atoms with E-state index >= 15 is 0 Å². The monoisotopic (exact) mass is 249 g/mol. The molecule has 3 rings (SSSR count). The van der Waals surface area contributed by atoms with E-state index in [1.807, 2.05) is 0 Å². The molecule has 1 fully saturated rings. The maximum atomic E-state index is 4.31. The molecule has 0 atom stereocenters. The fourth-order valence-electron chi connectivity index (χ4n) is 3.03. The van der Waals surface area contributed by atoms with Gasteiger partial charge in [-0.3, -0.25) is 0 Å². The van der Waals surface area contributed by atoms with Gasteiger partial charge in [0.15, 0.2) is 0 Å². The molecule has 18 heavy (non-hydrogen) atoms. The molecule has 0 radical (unpaired) electrons. The maximum absolute atomic E-state index is 4.31. The third-order valence-electron chi connectivity index (χ3n) is 4.34. The van der Waals surface area contributed by atoms with Crippen LogP contribution in [-0.4, -0.2) is 46.6 Å². The Bertz CT molecular complexity index is 392. The predicted molar refractivity (Wildman–Crippen MR) is 70.3 cm³/mol. The Morgan fingerprint density at radius 1 is 1.33 bits per heavy atom. The number of aryl methyl sites for hydroxylation is 1. The van der Waals surface area contributed by atoms with Gasteiger partial charge in [0.1, 0.15) is 0 Å². The van der Waals surface area contributed by atoms with Crippen molar-refractivity contribution >= 4 is 0 Å². The van der Waals surface area contributed by atoms with Gasteiger partial charge in [0.25, 0.3) is 0 Å². The van der Waals surface area contributed by atoms with Crippen molar-refractivity contribution in [3.05, 3.63) is 11.4 Å². The van der Waals surface area contributed by atoms with E-state index in [9.17, 15) is 0 Å². The van der Waals surface area contributed by atoms with Crippen LogP contribution in [0.3, 0.4) is 0 Å². The summed E-state index contributed by atoms with van der Waals surface area (Å²) < 4.78 is 2.15. The van der Waals surface area contributed by atoms with Crippen LogP contribution in [0.5, 0.6) is 0 Å². The first-order chi connectivity index (χ1) is 8.83. The van der Waals surface area contributed by atoms with E-state index in [-0.39, 0.29) is 0 Å². The molecule has 1 N–H and O–H groups in total. The van der Waals surface area contributed by atoms with Crippen LogP contribution in [0.2, 0.25) is 0 Å². The lowest BCUT2D eigenvalue weighted by Crippen LogP contribution is -2.31. The van der Waals surface area contributed by atoms with Crippen molar-refractivity contribution in [2.45, 2.75) is 38.8 Å². The van der Waals surface area contributed by atoms with Crippen molar-refractivity contribution in [3.8, 4) is 0 Å². The molecule has 1 saturated heterocycles. The molecule has 0 spiro atoms. The van der Waals surface area contributed by atoms with E-state index in [1.54, 1.807) is 0 Å². The normalized spacial score (nSPS) is 22.1. The quantitative estimate of drug-likeness (QED) is 0.854. The largest absolute Gasteiger partial charge is 0.311 e. The van der Waals surface area contributed by atoms with Crippen LogP contribution in [0.1, 0.15) is 30.7 Å². The van der Waals surface area contributed by atoms with Crippen molar-refractivity contribution in [1.82, 2.24) is 25.2 Å². The van der Waals surface area contributed by atoms with Crippen LogP contribution in [0, 0.1) is 5.92 Å². The van der Waals surface area contributed by atoms with E-state index in [2.05, 4.69) is 32.3 Å². The summed E-state index contributed by atoms with van der Waals surface area (Å²) in [6.45, 7) is 5.52. The van der Waals surface area contributed by atoms with Crippen molar-refractivity contribution < 1.29 is 0 Å². The summed E-state index contributed by atoms with van der Waals surface area (Å²) in [5, 5.41) is 11.9. The third kappa shape index (κ3) is 2.57. The molecule has 100 valence electrons. The molecule has 0 saturated carbocycles. The van der Waals surface area contributed by atoms with Crippen molar-refractivity contribution in [3.63, 3.8) is 0 Å². The molecule has 5 nitrogen and oxygen atoms in total. The first-order valence-corrected chi connectivity index (χ1v) is 7.13.